The van der Waals surface area contributed by atoms with Crippen LogP contribution in [-0.2, 0) is 9.53 Å². The van der Waals surface area contributed by atoms with Crippen molar-refractivity contribution >= 4 is 11.8 Å². The number of hydrogen-bond donors (Lipinski definition) is 0. The van der Waals surface area contributed by atoms with Gasteiger partial charge in [0.1, 0.15) is 0 Å². The third-order valence-electron chi connectivity index (χ3n) is 6.81. The van der Waals surface area contributed by atoms with Crippen LogP contribution >= 0.6 is 0 Å². The number of carbonyl (C=O) groups excluding carboxylic acids is 2. The van der Waals surface area contributed by atoms with Gasteiger partial charge >= 0.3 is 0 Å². The van der Waals surface area contributed by atoms with Crippen molar-refractivity contribution in [3.63, 3.8) is 0 Å². The number of carbonyl (C=O) groups is 2. The summed E-state index contributed by atoms with van der Waals surface area (Å²) in [7, 11) is 0. The van der Waals surface area contributed by atoms with E-state index in [1.165, 1.54) is 0 Å². The van der Waals surface area contributed by atoms with E-state index in [-0.39, 0.29) is 29.3 Å². The summed E-state index contributed by atoms with van der Waals surface area (Å²) in [6.07, 6.45) is 4.88. The number of fused-ring (bicyclic) bond motifs is 1. The molecule has 1 spiro atoms. The van der Waals surface area contributed by atoms with Crippen LogP contribution in [0.2, 0.25) is 0 Å². The number of ether oxygens (including phenoxy) is 1. The Bertz CT molecular complexity index is 720. The van der Waals surface area contributed by atoms with Gasteiger partial charge < -0.3 is 14.5 Å². The van der Waals surface area contributed by atoms with Crippen LogP contribution in [0.25, 0.3) is 0 Å². The lowest BCUT2D eigenvalue weighted by molar-refractivity contribution is -0.141. The number of benzene rings is 1. The minimum atomic E-state index is -0.379. The molecule has 27 heavy (non-hydrogen) atoms. The van der Waals surface area contributed by atoms with Gasteiger partial charge in [-0.05, 0) is 37.8 Å². The van der Waals surface area contributed by atoms with E-state index in [9.17, 15) is 9.59 Å². The molecule has 1 aromatic rings. The number of amides is 2. The molecule has 2 atom stereocenters. The van der Waals surface area contributed by atoms with Crippen LogP contribution < -0.4 is 0 Å². The van der Waals surface area contributed by atoms with Crippen molar-refractivity contribution in [2.75, 3.05) is 26.3 Å². The van der Waals surface area contributed by atoms with Crippen LogP contribution in [0.3, 0.4) is 0 Å². The fourth-order valence-electron chi connectivity index (χ4n) is 5.37. The van der Waals surface area contributed by atoms with Crippen LogP contribution in [0, 0.1) is 0 Å². The van der Waals surface area contributed by atoms with E-state index in [4.69, 9.17) is 4.74 Å². The first-order valence-electron chi connectivity index (χ1n) is 10.4. The molecule has 5 nitrogen and oxygen atoms in total. The summed E-state index contributed by atoms with van der Waals surface area (Å²) in [5.41, 5.74) is 1.26. The Morgan fingerprint density at radius 3 is 2.56 bits per heavy atom. The number of rotatable bonds is 3. The smallest absolute Gasteiger partial charge is 0.254 e. The first-order chi connectivity index (χ1) is 13.1. The molecular weight excluding hydrogens is 340 g/mol. The highest BCUT2D eigenvalue weighted by atomic mass is 16.5. The molecular formula is C22H30N2O3. The van der Waals surface area contributed by atoms with Crippen molar-refractivity contribution in [3.8, 4) is 0 Å². The molecule has 2 heterocycles. The van der Waals surface area contributed by atoms with Gasteiger partial charge in [-0.25, -0.2) is 0 Å². The average Bonchev–Trinajstić information content (AvgIpc) is 3.18. The zero-order valence-corrected chi connectivity index (χ0v) is 16.4. The van der Waals surface area contributed by atoms with Crippen LogP contribution in [0.5, 0.6) is 0 Å². The van der Waals surface area contributed by atoms with E-state index >= 15 is 0 Å². The maximum absolute atomic E-state index is 13.8. The standard InChI is InChI=1S/C22H30N2O3/c1-3-16(2)24-20(25)18-9-5-4-8-17(18)19(22(24)10-6-7-11-22)21(26)23-12-14-27-15-13-23/h4-5,8-9,16,19H,3,6-7,10-15H2,1-2H3/t16-,19-/m0/s1. The lowest BCUT2D eigenvalue weighted by atomic mass is 9.70. The Morgan fingerprint density at radius 2 is 1.89 bits per heavy atom. The summed E-state index contributed by atoms with van der Waals surface area (Å²) < 4.78 is 5.46. The Hall–Kier alpha value is -1.88. The van der Waals surface area contributed by atoms with Crippen LogP contribution in [0.1, 0.15) is 67.8 Å². The van der Waals surface area contributed by atoms with Gasteiger partial charge in [0.2, 0.25) is 5.91 Å². The Kier molecular flexibility index (Phi) is 4.97. The second-order valence-electron chi connectivity index (χ2n) is 8.20. The largest absolute Gasteiger partial charge is 0.378 e. The fourth-order valence-corrected chi connectivity index (χ4v) is 5.37. The quantitative estimate of drug-likeness (QED) is 0.821. The van der Waals surface area contributed by atoms with Gasteiger partial charge in [-0.15, -0.1) is 0 Å². The lowest BCUT2D eigenvalue weighted by Crippen LogP contribution is -2.63. The molecule has 0 aromatic heterocycles. The Morgan fingerprint density at radius 1 is 1.22 bits per heavy atom. The first-order valence-corrected chi connectivity index (χ1v) is 10.4. The van der Waals surface area contributed by atoms with E-state index < -0.39 is 0 Å². The van der Waals surface area contributed by atoms with Gasteiger partial charge in [-0.2, -0.15) is 0 Å². The van der Waals surface area contributed by atoms with Gasteiger partial charge in [0.05, 0.1) is 24.7 Å². The molecule has 5 heteroatoms. The topological polar surface area (TPSA) is 49.9 Å². The minimum absolute atomic E-state index is 0.105. The summed E-state index contributed by atoms with van der Waals surface area (Å²) in [6, 6.07) is 7.91. The van der Waals surface area contributed by atoms with Crippen LogP contribution in [0.15, 0.2) is 24.3 Å². The number of hydrogen-bond acceptors (Lipinski definition) is 3. The molecule has 2 amide bonds. The summed E-state index contributed by atoms with van der Waals surface area (Å²) in [6.45, 7) is 6.74. The van der Waals surface area contributed by atoms with Crippen molar-refractivity contribution < 1.29 is 14.3 Å². The van der Waals surface area contributed by atoms with Crippen molar-refractivity contribution in [1.82, 2.24) is 9.80 Å². The molecule has 1 aromatic carbocycles. The van der Waals surface area contributed by atoms with Crippen LogP contribution in [0.4, 0.5) is 0 Å². The Labute approximate surface area is 161 Å². The van der Waals surface area contributed by atoms with Gasteiger partial charge in [-0.1, -0.05) is 38.0 Å². The molecule has 2 aliphatic heterocycles. The van der Waals surface area contributed by atoms with Crippen molar-refractivity contribution in [3.05, 3.63) is 35.4 Å². The molecule has 0 bridgehead atoms. The van der Waals surface area contributed by atoms with Gasteiger partial charge in [0.25, 0.3) is 5.91 Å². The van der Waals surface area contributed by atoms with Gasteiger partial charge in [-0.3, -0.25) is 9.59 Å². The van der Waals surface area contributed by atoms with E-state index in [1.807, 2.05) is 29.2 Å². The highest BCUT2D eigenvalue weighted by Gasteiger charge is 2.57. The van der Waals surface area contributed by atoms with Crippen LogP contribution in [-0.4, -0.2) is 59.5 Å². The molecule has 3 aliphatic rings. The molecule has 1 saturated heterocycles. The highest BCUT2D eigenvalue weighted by molar-refractivity contribution is 6.02. The normalized spacial score (nSPS) is 25.6. The molecule has 0 N–H and O–H groups in total. The fraction of sp³-hybridized carbons (Fsp3) is 0.636. The maximum atomic E-state index is 13.8. The SMILES string of the molecule is CC[C@H](C)N1C(=O)c2ccccc2[C@@H](C(=O)N2CCOCC2)C12CCCC2. The third kappa shape index (κ3) is 2.87. The van der Waals surface area contributed by atoms with Gasteiger partial charge in [0, 0.05) is 24.7 Å². The number of nitrogens with zero attached hydrogens (tertiary/aromatic N) is 2. The molecule has 0 unspecified atom stereocenters. The molecule has 1 saturated carbocycles. The maximum Gasteiger partial charge on any atom is 0.254 e. The minimum Gasteiger partial charge on any atom is -0.378 e. The summed E-state index contributed by atoms with van der Waals surface area (Å²) in [5, 5.41) is 0. The summed E-state index contributed by atoms with van der Waals surface area (Å²) in [4.78, 5) is 31.3. The zero-order valence-electron chi connectivity index (χ0n) is 16.4. The van der Waals surface area contributed by atoms with Crippen molar-refractivity contribution in [2.45, 2.75) is 63.5 Å². The zero-order chi connectivity index (χ0) is 19.0. The lowest BCUT2D eigenvalue weighted by Gasteiger charge is -2.53. The van der Waals surface area contributed by atoms with E-state index in [0.29, 0.717) is 31.9 Å². The van der Waals surface area contributed by atoms with E-state index in [2.05, 4.69) is 18.7 Å². The Balaban J connectivity index is 1.85. The molecule has 1 aliphatic carbocycles. The molecule has 0 radical (unpaired) electrons. The molecule has 2 fully saturated rings. The predicted molar refractivity (Wildman–Crippen MR) is 104 cm³/mol. The van der Waals surface area contributed by atoms with Crippen molar-refractivity contribution in [1.29, 1.82) is 0 Å². The van der Waals surface area contributed by atoms with E-state index in [1.54, 1.807) is 0 Å². The monoisotopic (exact) mass is 370 g/mol. The molecule has 146 valence electrons. The van der Waals surface area contributed by atoms with E-state index in [0.717, 1.165) is 37.7 Å². The van der Waals surface area contributed by atoms with Gasteiger partial charge in [0.15, 0.2) is 0 Å². The third-order valence-corrected chi connectivity index (χ3v) is 6.81. The molecule has 4 rings (SSSR count). The second-order valence-corrected chi connectivity index (χ2v) is 8.20. The highest BCUT2D eigenvalue weighted by Crippen LogP contribution is 2.52. The average molecular weight is 370 g/mol. The number of morpholine rings is 1. The summed E-state index contributed by atoms with van der Waals surface area (Å²) >= 11 is 0. The van der Waals surface area contributed by atoms with Crippen molar-refractivity contribution in [2.24, 2.45) is 0 Å². The predicted octanol–water partition coefficient (Wildman–Crippen LogP) is 3.20. The first kappa shape index (κ1) is 18.5. The second kappa shape index (κ2) is 7.27. The summed E-state index contributed by atoms with van der Waals surface area (Å²) in [5.74, 6) is 0.0160.